The number of hydrogen-bond acceptors (Lipinski definition) is 2. The Morgan fingerprint density at radius 2 is 1.94 bits per heavy atom. The number of nitrogens with two attached hydrogens (primary N) is 1. The molecule has 0 heterocycles. The second kappa shape index (κ2) is 6.73. The third-order valence-electron chi connectivity index (χ3n) is 2.66. The molecule has 0 aliphatic heterocycles. The van der Waals surface area contributed by atoms with E-state index >= 15 is 0 Å². The van der Waals surface area contributed by atoms with Gasteiger partial charge in [-0.3, -0.25) is 4.79 Å². The van der Waals surface area contributed by atoms with Gasteiger partial charge in [0, 0.05) is 9.26 Å². The fourth-order valence-electron chi connectivity index (χ4n) is 1.37. The van der Waals surface area contributed by atoms with Gasteiger partial charge in [-0.2, -0.15) is 0 Å². The van der Waals surface area contributed by atoms with Crippen LogP contribution in [0.15, 0.2) is 18.2 Å². The Bertz CT molecular complexity index is 429. The van der Waals surface area contributed by atoms with Crippen LogP contribution in [0.1, 0.15) is 26.3 Å². The molecule has 0 radical (unpaired) electrons. The predicted molar refractivity (Wildman–Crippen MR) is 87.2 cm³/mol. The summed E-state index contributed by atoms with van der Waals surface area (Å²) in [5.41, 5.74) is 7.55. The number of halogens is 2. The highest BCUT2D eigenvalue weighted by atomic mass is 127. The van der Waals surface area contributed by atoms with Crippen LogP contribution in [0.4, 0.5) is 5.69 Å². The summed E-state index contributed by atoms with van der Waals surface area (Å²) in [7, 11) is 0. The molecule has 102 valence electrons. The van der Waals surface area contributed by atoms with Crippen molar-refractivity contribution in [1.29, 1.82) is 0 Å². The normalized spacial score (nSPS) is 12.6. The first-order valence-electron chi connectivity index (χ1n) is 5.54. The fourth-order valence-corrected chi connectivity index (χ4v) is 2.02. The molecule has 0 fully saturated rings. The standard InChI is InChI=1S/C13H19IN2O.ClH/c1-8-7-9(14)5-6-10(8)16-12(17)11(15)13(2,3)4;/h5-7,11H,15H2,1-4H3,(H,16,17);1H/t11-;/m1./s1. The minimum atomic E-state index is -0.513. The summed E-state index contributed by atoms with van der Waals surface area (Å²) in [5.74, 6) is -0.137. The van der Waals surface area contributed by atoms with E-state index in [4.69, 9.17) is 5.73 Å². The molecule has 1 amide bonds. The van der Waals surface area contributed by atoms with Gasteiger partial charge in [0.1, 0.15) is 0 Å². The summed E-state index contributed by atoms with van der Waals surface area (Å²) in [6.45, 7) is 7.84. The summed E-state index contributed by atoms with van der Waals surface area (Å²) in [4.78, 5) is 12.0. The molecular weight excluding hydrogens is 363 g/mol. The zero-order chi connectivity index (χ0) is 13.2. The summed E-state index contributed by atoms with van der Waals surface area (Å²) in [5, 5.41) is 2.88. The zero-order valence-electron chi connectivity index (χ0n) is 11.1. The summed E-state index contributed by atoms with van der Waals surface area (Å²) >= 11 is 2.24. The maximum atomic E-state index is 12.0. The molecule has 0 aromatic heterocycles. The smallest absolute Gasteiger partial charge is 0.241 e. The van der Waals surface area contributed by atoms with E-state index in [0.29, 0.717) is 0 Å². The van der Waals surface area contributed by atoms with Gasteiger partial charge in [0.2, 0.25) is 5.91 Å². The van der Waals surface area contributed by atoms with Crippen LogP contribution in [0.3, 0.4) is 0 Å². The quantitative estimate of drug-likeness (QED) is 0.771. The first-order valence-corrected chi connectivity index (χ1v) is 6.62. The highest BCUT2D eigenvalue weighted by molar-refractivity contribution is 14.1. The van der Waals surface area contributed by atoms with Crippen LogP contribution in [-0.2, 0) is 4.79 Å². The number of amides is 1. The van der Waals surface area contributed by atoms with Crippen LogP contribution >= 0.6 is 35.0 Å². The van der Waals surface area contributed by atoms with Crippen LogP contribution in [-0.4, -0.2) is 11.9 Å². The van der Waals surface area contributed by atoms with Gasteiger partial charge in [-0.1, -0.05) is 20.8 Å². The number of nitrogens with one attached hydrogen (secondary N) is 1. The molecule has 0 saturated heterocycles. The first-order chi connectivity index (χ1) is 7.71. The fraction of sp³-hybridized carbons (Fsp3) is 0.462. The van der Waals surface area contributed by atoms with E-state index < -0.39 is 6.04 Å². The van der Waals surface area contributed by atoms with E-state index in [1.54, 1.807) is 0 Å². The van der Waals surface area contributed by atoms with E-state index in [0.717, 1.165) is 14.8 Å². The van der Waals surface area contributed by atoms with Crippen molar-refractivity contribution in [1.82, 2.24) is 0 Å². The number of carbonyl (C=O) groups is 1. The molecule has 0 bridgehead atoms. The van der Waals surface area contributed by atoms with Crippen LogP contribution in [0.5, 0.6) is 0 Å². The number of aryl methyl sites for hydroxylation is 1. The van der Waals surface area contributed by atoms with Gasteiger partial charge in [-0.15, -0.1) is 12.4 Å². The molecule has 3 N–H and O–H groups in total. The molecule has 1 aromatic carbocycles. The Labute approximate surface area is 128 Å². The molecule has 0 saturated carbocycles. The van der Waals surface area contributed by atoms with Crippen LogP contribution in [0.2, 0.25) is 0 Å². The molecule has 3 nitrogen and oxygen atoms in total. The lowest BCUT2D eigenvalue weighted by Crippen LogP contribution is -2.45. The second-order valence-corrected chi connectivity index (χ2v) is 6.54. The molecule has 0 aliphatic rings. The van der Waals surface area contributed by atoms with Gasteiger partial charge in [0.05, 0.1) is 6.04 Å². The third kappa shape index (κ3) is 4.74. The maximum absolute atomic E-state index is 12.0. The molecule has 0 aliphatic carbocycles. The Kier molecular flexibility index (Phi) is 6.60. The third-order valence-corrected chi connectivity index (χ3v) is 3.33. The van der Waals surface area contributed by atoms with E-state index in [9.17, 15) is 4.79 Å². The highest BCUT2D eigenvalue weighted by Gasteiger charge is 2.27. The lowest BCUT2D eigenvalue weighted by Gasteiger charge is -2.26. The number of hydrogen-bond donors (Lipinski definition) is 2. The van der Waals surface area contributed by atoms with Gasteiger partial charge in [-0.25, -0.2) is 0 Å². The average molecular weight is 383 g/mol. The van der Waals surface area contributed by atoms with Crippen LogP contribution in [0.25, 0.3) is 0 Å². The number of rotatable bonds is 2. The first kappa shape index (κ1) is 17.7. The van der Waals surface area contributed by atoms with Gasteiger partial charge < -0.3 is 11.1 Å². The van der Waals surface area contributed by atoms with Crippen molar-refractivity contribution >= 4 is 46.6 Å². The van der Waals surface area contributed by atoms with E-state index in [1.807, 2.05) is 45.9 Å². The van der Waals surface area contributed by atoms with Crippen molar-refractivity contribution in [3.8, 4) is 0 Å². The van der Waals surface area contributed by atoms with Crippen molar-refractivity contribution in [2.75, 3.05) is 5.32 Å². The SMILES string of the molecule is Cc1cc(I)ccc1NC(=O)[C@@H](N)C(C)(C)C.Cl. The van der Waals surface area contributed by atoms with E-state index in [-0.39, 0.29) is 23.7 Å². The second-order valence-electron chi connectivity index (χ2n) is 5.29. The van der Waals surface area contributed by atoms with Crippen molar-refractivity contribution in [2.24, 2.45) is 11.1 Å². The van der Waals surface area contributed by atoms with Crippen molar-refractivity contribution < 1.29 is 4.79 Å². The Morgan fingerprint density at radius 1 is 1.39 bits per heavy atom. The molecule has 18 heavy (non-hydrogen) atoms. The van der Waals surface area contributed by atoms with Gasteiger partial charge >= 0.3 is 0 Å². The monoisotopic (exact) mass is 382 g/mol. The Hall–Kier alpha value is -0.330. The number of benzene rings is 1. The highest BCUT2D eigenvalue weighted by Crippen LogP contribution is 2.21. The lowest BCUT2D eigenvalue weighted by molar-refractivity contribution is -0.119. The summed E-state index contributed by atoms with van der Waals surface area (Å²) in [6.07, 6.45) is 0. The van der Waals surface area contributed by atoms with Crippen LogP contribution in [0, 0.1) is 15.9 Å². The molecule has 0 unspecified atom stereocenters. The van der Waals surface area contributed by atoms with Crippen LogP contribution < -0.4 is 11.1 Å². The van der Waals surface area contributed by atoms with Crippen molar-refractivity contribution in [3.05, 3.63) is 27.3 Å². The molecular formula is C13H20ClIN2O. The van der Waals surface area contributed by atoms with E-state index in [1.165, 1.54) is 0 Å². The maximum Gasteiger partial charge on any atom is 0.241 e. The zero-order valence-corrected chi connectivity index (χ0v) is 14.1. The van der Waals surface area contributed by atoms with Gasteiger partial charge in [-0.05, 0) is 58.7 Å². The molecule has 5 heteroatoms. The predicted octanol–water partition coefficient (Wildman–Crippen LogP) is 3.33. The summed E-state index contributed by atoms with van der Waals surface area (Å²) in [6, 6.07) is 5.38. The average Bonchev–Trinajstić information content (AvgIpc) is 2.19. The van der Waals surface area contributed by atoms with E-state index in [2.05, 4.69) is 27.9 Å². The van der Waals surface area contributed by atoms with Gasteiger partial charge in [0.25, 0.3) is 0 Å². The lowest BCUT2D eigenvalue weighted by atomic mass is 9.87. The minimum Gasteiger partial charge on any atom is -0.324 e. The molecule has 1 atom stereocenters. The number of carbonyl (C=O) groups excluding carboxylic acids is 1. The molecule has 0 spiro atoms. The number of anilines is 1. The largest absolute Gasteiger partial charge is 0.324 e. The van der Waals surface area contributed by atoms with Gasteiger partial charge in [0.15, 0.2) is 0 Å². The topological polar surface area (TPSA) is 55.1 Å². The Morgan fingerprint density at radius 3 is 2.39 bits per heavy atom. The minimum absolute atomic E-state index is 0. The van der Waals surface area contributed by atoms with Crippen molar-refractivity contribution in [3.63, 3.8) is 0 Å². The Balaban J connectivity index is 0.00000289. The van der Waals surface area contributed by atoms with Crippen molar-refractivity contribution in [2.45, 2.75) is 33.7 Å². The molecule has 1 aromatic rings. The summed E-state index contributed by atoms with van der Waals surface area (Å²) < 4.78 is 1.15. The molecule has 1 rings (SSSR count).